The normalized spacial score (nSPS) is 18.1. The van der Waals surface area contributed by atoms with Crippen LogP contribution in [0.15, 0.2) is 41.5 Å². The van der Waals surface area contributed by atoms with Crippen molar-refractivity contribution in [2.75, 3.05) is 5.01 Å². The second-order valence-corrected chi connectivity index (χ2v) is 7.12. The molecule has 2 atom stereocenters. The molecule has 1 aliphatic heterocycles. The lowest BCUT2D eigenvalue weighted by molar-refractivity contribution is -0.384. The van der Waals surface area contributed by atoms with Crippen LogP contribution in [0.4, 0.5) is 11.4 Å². The number of halogens is 2. The predicted octanol–water partition coefficient (Wildman–Crippen LogP) is 4.14. The van der Waals surface area contributed by atoms with Gasteiger partial charge in [-0.3, -0.25) is 10.1 Å². The summed E-state index contributed by atoms with van der Waals surface area (Å²) in [5, 5.41) is 25.8. The van der Waals surface area contributed by atoms with Gasteiger partial charge in [0.05, 0.1) is 10.6 Å². The summed E-state index contributed by atoms with van der Waals surface area (Å²) >= 11 is 12.4. The number of carbonyl (C=O) groups is 1. The molecule has 8 nitrogen and oxygen atoms in total. The van der Waals surface area contributed by atoms with Crippen molar-refractivity contribution in [1.29, 1.82) is 0 Å². The zero-order chi connectivity index (χ0) is 20.4. The number of isocyanates is 1. The summed E-state index contributed by atoms with van der Waals surface area (Å²) in [5.41, 5.74) is 1.48. The van der Waals surface area contributed by atoms with E-state index >= 15 is 0 Å². The number of carboxylic acid groups (broad SMARTS) is 1. The van der Waals surface area contributed by atoms with Gasteiger partial charge < -0.3 is 5.11 Å². The average Bonchev–Trinajstić information content (AvgIpc) is 2.63. The van der Waals surface area contributed by atoms with Crippen molar-refractivity contribution in [3.05, 3.63) is 67.7 Å². The molecule has 1 heterocycles. The number of nitro groups is 1. The Hall–Kier alpha value is -2.93. The molecular weight excluding hydrogens is 409 g/mol. The minimum atomic E-state index is -1.18. The van der Waals surface area contributed by atoms with Crippen molar-refractivity contribution < 1.29 is 19.6 Å². The number of anilines is 1. The van der Waals surface area contributed by atoms with Crippen LogP contribution in [0.25, 0.3) is 0 Å². The molecule has 144 valence electrons. The molecule has 0 aliphatic carbocycles. The first kappa shape index (κ1) is 19.8. The molecule has 28 heavy (non-hydrogen) atoms. The van der Waals surface area contributed by atoms with E-state index in [1.54, 1.807) is 12.1 Å². The Labute approximate surface area is 169 Å². The molecular formula is C18H13Cl2N3O5. The highest BCUT2D eigenvalue weighted by Crippen LogP contribution is 2.45. The SMILES string of the molecule is O=C=NN1c2cc(Cl)cc(Cl)c2[C@@H](Cc2cccc([N+](=O)[O-])c2)C[C@@H]1C(=O)O. The van der Waals surface area contributed by atoms with Gasteiger partial charge in [0.2, 0.25) is 0 Å². The van der Waals surface area contributed by atoms with Gasteiger partial charge in [-0.2, -0.15) is 0 Å². The molecule has 0 fully saturated rings. The summed E-state index contributed by atoms with van der Waals surface area (Å²) in [6.45, 7) is 0. The zero-order valence-corrected chi connectivity index (χ0v) is 15.7. The van der Waals surface area contributed by atoms with Gasteiger partial charge in [-0.1, -0.05) is 40.4 Å². The average molecular weight is 422 g/mol. The predicted molar refractivity (Wildman–Crippen MR) is 103 cm³/mol. The fourth-order valence-electron chi connectivity index (χ4n) is 3.46. The van der Waals surface area contributed by atoms with Gasteiger partial charge in [0.1, 0.15) is 0 Å². The monoisotopic (exact) mass is 421 g/mol. The first-order valence-corrected chi connectivity index (χ1v) is 8.89. The maximum absolute atomic E-state index is 11.8. The highest BCUT2D eigenvalue weighted by Gasteiger charge is 2.39. The molecule has 0 unspecified atom stereocenters. The Morgan fingerprint density at radius 1 is 1.36 bits per heavy atom. The number of carbonyl (C=O) groups excluding carboxylic acids is 1. The van der Waals surface area contributed by atoms with Crippen molar-refractivity contribution >= 4 is 46.6 Å². The number of nitro benzene ring substituents is 1. The number of carboxylic acids is 1. The number of hydrogen-bond donors (Lipinski definition) is 1. The zero-order valence-electron chi connectivity index (χ0n) is 14.2. The van der Waals surface area contributed by atoms with Gasteiger partial charge in [0, 0.05) is 22.2 Å². The lowest BCUT2D eigenvalue weighted by Crippen LogP contribution is -2.43. The van der Waals surface area contributed by atoms with E-state index < -0.39 is 16.9 Å². The smallest absolute Gasteiger partial charge is 0.328 e. The minimum absolute atomic E-state index is 0.0577. The maximum Gasteiger partial charge on any atom is 0.328 e. The van der Waals surface area contributed by atoms with E-state index in [0.717, 1.165) is 5.01 Å². The van der Waals surface area contributed by atoms with Gasteiger partial charge >= 0.3 is 5.97 Å². The van der Waals surface area contributed by atoms with Crippen LogP contribution in [-0.2, 0) is 16.0 Å². The number of hydrazone groups is 1. The van der Waals surface area contributed by atoms with Gasteiger partial charge in [-0.25, -0.2) is 14.6 Å². The van der Waals surface area contributed by atoms with Crippen LogP contribution in [0.5, 0.6) is 0 Å². The highest BCUT2D eigenvalue weighted by molar-refractivity contribution is 6.35. The Kier molecular flexibility index (Phi) is 5.65. The summed E-state index contributed by atoms with van der Waals surface area (Å²) in [5.74, 6) is -1.55. The minimum Gasteiger partial charge on any atom is -0.480 e. The molecule has 1 aliphatic rings. The molecule has 0 radical (unpaired) electrons. The molecule has 2 aromatic carbocycles. The first-order chi connectivity index (χ1) is 13.3. The Morgan fingerprint density at radius 2 is 2.11 bits per heavy atom. The number of rotatable bonds is 5. The Bertz CT molecular complexity index is 1010. The van der Waals surface area contributed by atoms with E-state index in [1.165, 1.54) is 30.3 Å². The first-order valence-electron chi connectivity index (χ1n) is 8.14. The lowest BCUT2D eigenvalue weighted by atomic mass is 9.82. The number of aliphatic carboxylic acids is 1. The van der Waals surface area contributed by atoms with Crippen LogP contribution in [0.2, 0.25) is 10.0 Å². The molecule has 2 aromatic rings. The maximum atomic E-state index is 11.8. The number of fused-ring (bicyclic) bond motifs is 1. The second-order valence-electron chi connectivity index (χ2n) is 6.27. The number of non-ortho nitro benzene ring substituents is 1. The van der Waals surface area contributed by atoms with Crippen molar-refractivity contribution in [3.8, 4) is 0 Å². The van der Waals surface area contributed by atoms with Crippen LogP contribution in [0, 0.1) is 10.1 Å². The fraction of sp³-hybridized carbons (Fsp3) is 0.222. The number of nitrogens with zero attached hydrogens (tertiary/aromatic N) is 3. The number of hydrogen-bond acceptors (Lipinski definition) is 6. The molecule has 1 N–H and O–H groups in total. The summed E-state index contributed by atoms with van der Waals surface area (Å²) in [6.07, 6.45) is 1.78. The number of benzene rings is 2. The molecule has 0 amide bonds. The van der Waals surface area contributed by atoms with Gasteiger partial charge in [0.25, 0.3) is 11.8 Å². The largest absolute Gasteiger partial charge is 0.480 e. The Balaban J connectivity index is 2.10. The molecule has 0 spiro atoms. The van der Waals surface area contributed by atoms with Crippen LogP contribution in [-0.4, -0.2) is 28.1 Å². The van der Waals surface area contributed by atoms with Crippen molar-refractivity contribution in [3.63, 3.8) is 0 Å². The van der Waals surface area contributed by atoms with Crippen molar-refractivity contribution in [2.45, 2.75) is 24.8 Å². The van der Waals surface area contributed by atoms with Crippen molar-refractivity contribution in [2.24, 2.45) is 5.10 Å². The summed E-state index contributed by atoms with van der Waals surface area (Å²) in [4.78, 5) is 33.1. The summed E-state index contributed by atoms with van der Waals surface area (Å²) in [7, 11) is 0. The van der Waals surface area contributed by atoms with E-state index in [1.807, 2.05) is 0 Å². The topological polar surface area (TPSA) is 113 Å². The summed E-state index contributed by atoms with van der Waals surface area (Å²) in [6, 6.07) is 7.99. The fourth-order valence-corrected chi connectivity index (χ4v) is 4.10. The third kappa shape index (κ3) is 3.84. The standard InChI is InChI=1S/C18H13Cl2N3O5/c19-12-7-14(20)17-11(4-10-2-1-3-13(5-10)23(27)28)6-16(18(25)26)22(21-9-24)15(17)8-12/h1-3,5,7-8,11,16H,4,6H2,(H,25,26)/t11-,16+/m0/s1. The van der Waals surface area contributed by atoms with Crippen LogP contribution in [0.1, 0.15) is 23.5 Å². The van der Waals surface area contributed by atoms with E-state index in [2.05, 4.69) is 5.10 Å². The van der Waals surface area contributed by atoms with Crippen LogP contribution in [0.3, 0.4) is 0 Å². The third-order valence-electron chi connectivity index (χ3n) is 4.57. The molecule has 3 rings (SSSR count). The highest BCUT2D eigenvalue weighted by atomic mass is 35.5. The molecule has 0 aromatic heterocycles. The van der Waals surface area contributed by atoms with Crippen molar-refractivity contribution in [1.82, 2.24) is 0 Å². The molecule has 0 saturated carbocycles. The summed E-state index contributed by atoms with van der Waals surface area (Å²) < 4.78 is 0. The molecule has 0 saturated heterocycles. The van der Waals surface area contributed by atoms with Gasteiger partial charge in [-0.05, 0) is 42.0 Å². The Morgan fingerprint density at radius 3 is 2.75 bits per heavy atom. The quantitative estimate of drug-likeness (QED) is 0.335. The molecule has 10 heteroatoms. The van der Waals surface area contributed by atoms with E-state index in [9.17, 15) is 24.8 Å². The van der Waals surface area contributed by atoms with E-state index in [-0.39, 0.29) is 23.0 Å². The lowest BCUT2D eigenvalue weighted by Gasteiger charge is -2.37. The van der Waals surface area contributed by atoms with E-state index in [4.69, 9.17) is 23.2 Å². The van der Waals surface area contributed by atoms with Gasteiger partial charge in [0.15, 0.2) is 6.04 Å². The second kappa shape index (κ2) is 7.98. The van der Waals surface area contributed by atoms with Crippen LogP contribution < -0.4 is 5.01 Å². The van der Waals surface area contributed by atoms with E-state index in [0.29, 0.717) is 28.3 Å². The molecule has 0 bridgehead atoms. The van der Waals surface area contributed by atoms with Gasteiger partial charge in [-0.15, -0.1) is 0 Å². The van der Waals surface area contributed by atoms with Crippen LogP contribution >= 0.6 is 23.2 Å². The third-order valence-corrected chi connectivity index (χ3v) is 5.10.